The van der Waals surface area contributed by atoms with Gasteiger partial charge >= 0.3 is 0 Å². The number of aromatic nitrogens is 2. The first-order chi connectivity index (χ1) is 14.2. The van der Waals surface area contributed by atoms with Gasteiger partial charge in [0, 0.05) is 37.0 Å². The van der Waals surface area contributed by atoms with Gasteiger partial charge in [-0.2, -0.15) is 5.10 Å². The van der Waals surface area contributed by atoms with Crippen LogP contribution in [0.1, 0.15) is 24.0 Å². The number of fused-ring (bicyclic) bond motifs is 1. The van der Waals surface area contributed by atoms with E-state index in [1.54, 1.807) is 0 Å². The van der Waals surface area contributed by atoms with Gasteiger partial charge in [0.1, 0.15) is 0 Å². The molecule has 5 rings (SSSR count). The van der Waals surface area contributed by atoms with Gasteiger partial charge in [0.15, 0.2) is 11.5 Å². The lowest BCUT2D eigenvalue weighted by molar-refractivity contribution is 0.0793. The summed E-state index contributed by atoms with van der Waals surface area (Å²) in [7, 11) is 0. The molecule has 1 saturated heterocycles. The maximum Gasteiger partial charge on any atom is 0.231 e. The number of ether oxygens (including phenoxy) is 2. The van der Waals surface area contributed by atoms with E-state index in [4.69, 9.17) is 14.6 Å². The molecule has 29 heavy (non-hydrogen) atoms. The minimum Gasteiger partial charge on any atom is -0.454 e. The molecule has 0 spiro atoms. The van der Waals surface area contributed by atoms with Crippen LogP contribution in [0.15, 0.2) is 54.7 Å². The van der Waals surface area contributed by atoms with Gasteiger partial charge in [0.05, 0.1) is 18.3 Å². The van der Waals surface area contributed by atoms with Crippen molar-refractivity contribution in [3.63, 3.8) is 0 Å². The van der Waals surface area contributed by atoms with Crippen LogP contribution in [0.4, 0.5) is 0 Å². The second kappa shape index (κ2) is 7.89. The molecule has 2 aliphatic heterocycles. The SMILES string of the molecule is OC1CCN(Cc2cn(Cc3ccccc3)nc2-c2ccc3c(c2)OCO3)CC1. The smallest absolute Gasteiger partial charge is 0.231 e. The number of nitrogens with zero attached hydrogens (tertiary/aromatic N) is 3. The number of benzene rings is 2. The first-order valence-corrected chi connectivity index (χ1v) is 10.2. The second-order valence-electron chi connectivity index (χ2n) is 7.76. The highest BCUT2D eigenvalue weighted by atomic mass is 16.7. The zero-order chi connectivity index (χ0) is 19.6. The van der Waals surface area contributed by atoms with Crippen LogP contribution < -0.4 is 9.47 Å². The van der Waals surface area contributed by atoms with Crippen LogP contribution in [0.5, 0.6) is 11.5 Å². The standard InChI is InChI=1S/C23H25N3O3/c27-20-8-10-25(11-9-20)14-19-15-26(13-17-4-2-1-3-5-17)24-23(19)18-6-7-21-22(12-18)29-16-28-21/h1-7,12,15,20,27H,8-11,13-14,16H2. The predicted octanol–water partition coefficient (Wildman–Crippen LogP) is 3.28. The molecule has 3 heterocycles. The maximum absolute atomic E-state index is 9.81. The van der Waals surface area contributed by atoms with E-state index in [-0.39, 0.29) is 12.9 Å². The summed E-state index contributed by atoms with van der Waals surface area (Å²) in [4.78, 5) is 2.40. The maximum atomic E-state index is 9.81. The summed E-state index contributed by atoms with van der Waals surface area (Å²) >= 11 is 0. The largest absolute Gasteiger partial charge is 0.454 e. The first kappa shape index (κ1) is 18.2. The van der Waals surface area contributed by atoms with Gasteiger partial charge in [0.25, 0.3) is 0 Å². The van der Waals surface area contributed by atoms with E-state index in [9.17, 15) is 5.11 Å². The van der Waals surface area contributed by atoms with E-state index in [0.717, 1.165) is 61.8 Å². The number of aliphatic hydroxyl groups excluding tert-OH is 1. The number of likely N-dealkylation sites (tertiary alicyclic amines) is 1. The van der Waals surface area contributed by atoms with Crippen molar-refractivity contribution in [2.75, 3.05) is 19.9 Å². The molecule has 6 nitrogen and oxygen atoms in total. The molecule has 0 saturated carbocycles. The summed E-state index contributed by atoms with van der Waals surface area (Å²) in [5.74, 6) is 1.55. The Bertz CT molecular complexity index is 978. The summed E-state index contributed by atoms with van der Waals surface area (Å²) in [6.07, 6.45) is 3.65. The molecule has 0 amide bonds. The topological polar surface area (TPSA) is 59.8 Å². The molecule has 0 atom stereocenters. The molecule has 1 aromatic heterocycles. The summed E-state index contributed by atoms with van der Waals surface area (Å²) in [5.41, 5.74) is 4.43. The van der Waals surface area contributed by atoms with Gasteiger partial charge in [-0.3, -0.25) is 9.58 Å². The second-order valence-corrected chi connectivity index (χ2v) is 7.76. The van der Waals surface area contributed by atoms with Crippen LogP contribution in [0, 0.1) is 0 Å². The predicted molar refractivity (Wildman–Crippen MR) is 110 cm³/mol. The summed E-state index contributed by atoms with van der Waals surface area (Å²) in [5, 5.41) is 14.7. The minimum absolute atomic E-state index is 0.166. The average molecular weight is 391 g/mol. The van der Waals surface area contributed by atoms with Gasteiger partial charge in [-0.1, -0.05) is 30.3 Å². The summed E-state index contributed by atoms with van der Waals surface area (Å²) in [6.45, 7) is 3.64. The third-order valence-corrected chi connectivity index (χ3v) is 5.62. The highest BCUT2D eigenvalue weighted by molar-refractivity contribution is 5.67. The molecule has 2 aliphatic rings. The van der Waals surface area contributed by atoms with E-state index in [1.165, 1.54) is 11.1 Å². The summed E-state index contributed by atoms with van der Waals surface area (Å²) < 4.78 is 13.0. The molecular formula is C23H25N3O3. The Morgan fingerprint density at radius 1 is 0.966 bits per heavy atom. The number of hydrogen-bond acceptors (Lipinski definition) is 5. The molecule has 0 aliphatic carbocycles. The summed E-state index contributed by atoms with van der Waals surface area (Å²) in [6, 6.07) is 16.4. The molecule has 0 bridgehead atoms. The van der Waals surface area contributed by atoms with E-state index in [2.05, 4.69) is 35.4 Å². The van der Waals surface area contributed by atoms with Gasteiger partial charge in [0.2, 0.25) is 6.79 Å². The van der Waals surface area contributed by atoms with Gasteiger partial charge in [-0.05, 0) is 36.6 Å². The Hall–Kier alpha value is -2.83. The molecular weight excluding hydrogens is 366 g/mol. The molecule has 1 fully saturated rings. The lowest BCUT2D eigenvalue weighted by atomic mass is 10.0. The average Bonchev–Trinajstić information content (AvgIpc) is 3.36. The first-order valence-electron chi connectivity index (χ1n) is 10.2. The zero-order valence-electron chi connectivity index (χ0n) is 16.3. The monoisotopic (exact) mass is 391 g/mol. The number of rotatable bonds is 5. The Morgan fingerprint density at radius 3 is 2.59 bits per heavy atom. The van der Waals surface area contributed by atoms with Crippen molar-refractivity contribution in [3.8, 4) is 22.8 Å². The van der Waals surface area contributed by atoms with Crippen LogP contribution in [0.25, 0.3) is 11.3 Å². The van der Waals surface area contributed by atoms with E-state index < -0.39 is 0 Å². The quantitative estimate of drug-likeness (QED) is 0.723. The Kier molecular flexibility index (Phi) is 4.96. The molecule has 6 heteroatoms. The highest BCUT2D eigenvalue weighted by Crippen LogP contribution is 2.36. The Morgan fingerprint density at radius 2 is 1.76 bits per heavy atom. The molecule has 0 unspecified atom stereocenters. The normalized spacial score (nSPS) is 17.0. The van der Waals surface area contributed by atoms with Crippen molar-refractivity contribution < 1.29 is 14.6 Å². The van der Waals surface area contributed by atoms with Crippen molar-refractivity contribution in [3.05, 3.63) is 65.9 Å². The fourth-order valence-electron chi connectivity index (χ4n) is 4.04. The third-order valence-electron chi connectivity index (χ3n) is 5.62. The lowest BCUT2D eigenvalue weighted by Gasteiger charge is -2.29. The van der Waals surface area contributed by atoms with Crippen molar-refractivity contribution in [2.45, 2.75) is 32.0 Å². The van der Waals surface area contributed by atoms with Gasteiger partial charge in [-0.15, -0.1) is 0 Å². The minimum atomic E-state index is -0.166. The van der Waals surface area contributed by atoms with Gasteiger partial charge in [-0.25, -0.2) is 0 Å². The van der Waals surface area contributed by atoms with E-state index in [1.807, 2.05) is 28.9 Å². The molecule has 0 radical (unpaired) electrons. The van der Waals surface area contributed by atoms with Gasteiger partial charge < -0.3 is 14.6 Å². The van der Waals surface area contributed by atoms with E-state index >= 15 is 0 Å². The zero-order valence-corrected chi connectivity index (χ0v) is 16.3. The van der Waals surface area contributed by atoms with Crippen LogP contribution >= 0.6 is 0 Å². The van der Waals surface area contributed by atoms with Crippen LogP contribution in [-0.4, -0.2) is 45.8 Å². The molecule has 2 aromatic carbocycles. The van der Waals surface area contributed by atoms with Crippen LogP contribution in [0.3, 0.4) is 0 Å². The van der Waals surface area contributed by atoms with Crippen LogP contribution in [0.2, 0.25) is 0 Å². The van der Waals surface area contributed by atoms with E-state index in [0.29, 0.717) is 0 Å². The molecule has 3 aromatic rings. The number of piperidine rings is 1. The Labute approximate surface area is 170 Å². The van der Waals surface area contributed by atoms with Crippen molar-refractivity contribution in [1.82, 2.24) is 14.7 Å². The fourth-order valence-corrected chi connectivity index (χ4v) is 4.04. The van der Waals surface area contributed by atoms with Crippen LogP contribution in [-0.2, 0) is 13.1 Å². The number of aliphatic hydroxyl groups is 1. The molecule has 1 N–H and O–H groups in total. The highest BCUT2D eigenvalue weighted by Gasteiger charge is 2.21. The van der Waals surface area contributed by atoms with Crippen molar-refractivity contribution >= 4 is 0 Å². The number of hydrogen-bond donors (Lipinski definition) is 1. The lowest BCUT2D eigenvalue weighted by Crippen LogP contribution is -2.35. The van der Waals surface area contributed by atoms with Crippen molar-refractivity contribution in [2.24, 2.45) is 0 Å². The third kappa shape index (κ3) is 3.99. The fraction of sp³-hybridized carbons (Fsp3) is 0.348. The molecule has 150 valence electrons. The van der Waals surface area contributed by atoms with Crippen molar-refractivity contribution in [1.29, 1.82) is 0 Å². The Balaban J connectivity index is 1.45.